The summed E-state index contributed by atoms with van der Waals surface area (Å²) in [6.07, 6.45) is 1.38. The molecule has 0 spiro atoms. The van der Waals surface area contributed by atoms with Crippen LogP contribution in [0.1, 0.15) is 23.6 Å². The van der Waals surface area contributed by atoms with E-state index < -0.39 is 0 Å². The maximum absolute atomic E-state index is 9.02. The summed E-state index contributed by atoms with van der Waals surface area (Å²) in [6, 6.07) is 5.95. The van der Waals surface area contributed by atoms with Crippen LogP contribution in [0.3, 0.4) is 0 Å². The van der Waals surface area contributed by atoms with Gasteiger partial charge in [-0.2, -0.15) is 5.26 Å². The molecule has 3 nitrogen and oxygen atoms in total. The van der Waals surface area contributed by atoms with Gasteiger partial charge in [-0.3, -0.25) is 0 Å². The van der Waals surface area contributed by atoms with Crippen LogP contribution >= 0.6 is 0 Å². The van der Waals surface area contributed by atoms with Gasteiger partial charge in [-0.05, 0) is 38.0 Å². The Morgan fingerprint density at radius 2 is 2.20 bits per heavy atom. The lowest BCUT2D eigenvalue weighted by Gasteiger charge is -2.04. The minimum absolute atomic E-state index is 0.580. The lowest BCUT2D eigenvalue weighted by atomic mass is 10.0. The molecular weight excluding hydrogens is 188 g/mol. The van der Waals surface area contributed by atoms with Crippen molar-refractivity contribution in [2.75, 3.05) is 6.61 Å². The minimum Gasteiger partial charge on any atom is -0.483 e. The van der Waals surface area contributed by atoms with Crippen molar-refractivity contribution in [3.8, 4) is 6.07 Å². The predicted molar refractivity (Wildman–Crippen MR) is 60.4 cm³/mol. The third kappa shape index (κ3) is 2.57. The molecule has 0 N–H and O–H groups in total. The highest BCUT2D eigenvalue weighted by molar-refractivity contribution is 5.64. The van der Waals surface area contributed by atoms with Gasteiger partial charge >= 0.3 is 0 Å². The number of aliphatic imine (C=N–C) groups is 1. The first-order chi connectivity index (χ1) is 7.20. The van der Waals surface area contributed by atoms with Crippen LogP contribution in [0.2, 0.25) is 0 Å². The van der Waals surface area contributed by atoms with Gasteiger partial charge in [0, 0.05) is 0 Å². The molecule has 0 amide bonds. The van der Waals surface area contributed by atoms with Gasteiger partial charge in [0.15, 0.2) is 6.40 Å². The monoisotopic (exact) mass is 202 g/mol. The number of nitrogens with zero attached hydrogens (tertiary/aromatic N) is 2. The molecule has 1 rings (SSSR count). The van der Waals surface area contributed by atoms with Crippen LogP contribution in [0.5, 0.6) is 0 Å². The van der Waals surface area contributed by atoms with Gasteiger partial charge in [0.25, 0.3) is 0 Å². The number of ether oxygens (including phenoxy) is 1. The number of hydrogen-bond acceptors (Lipinski definition) is 3. The highest BCUT2D eigenvalue weighted by Gasteiger charge is 2.05. The summed E-state index contributed by atoms with van der Waals surface area (Å²) in [5.41, 5.74) is 3.35. The van der Waals surface area contributed by atoms with Gasteiger partial charge in [-0.25, -0.2) is 4.99 Å². The van der Waals surface area contributed by atoms with Gasteiger partial charge in [0.2, 0.25) is 0 Å². The molecule has 0 aliphatic carbocycles. The summed E-state index contributed by atoms with van der Waals surface area (Å²) in [6.45, 7) is 6.37. The van der Waals surface area contributed by atoms with Crippen LogP contribution in [0, 0.1) is 25.2 Å². The summed E-state index contributed by atoms with van der Waals surface area (Å²) < 4.78 is 5.01. The molecule has 0 aliphatic rings. The number of hydrogen-bond donors (Lipinski definition) is 0. The van der Waals surface area contributed by atoms with E-state index >= 15 is 0 Å². The van der Waals surface area contributed by atoms with E-state index in [2.05, 4.69) is 11.1 Å². The zero-order valence-corrected chi connectivity index (χ0v) is 9.24. The van der Waals surface area contributed by atoms with E-state index in [0.717, 1.165) is 11.1 Å². The maximum Gasteiger partial charge on any atom is 0.174 e. The molecule has 0 heterocycles. The van der Waals surface area contributed by atoms with Crippen molar-refractivity contribution >= 4 is 12.1 Å². The molecule has 0 fully saturated rings. The molecule has 0 radical (unpaired) electrons. The van der Waals surface area contributed by atoms with Crippen LogP contribution in [-0.2, 0) is 4.74 Å². The second-order valence-corrected chi connectivity index (χ2v) is 3.20. The van der Waals surface area contributed by atoms with Crippen LogP contribution < -0.4 is 0 Å². The molecule has 0 unspecified atom stereocenters. The Bertz CT molecular complexity index is 416. The topological polar surface area (TPSA) is 45.4 Å². The molecule has 15 heavy (non-hydrogen) atoms. The highest BCUT2D eigenvalue weighted by Crippen LogP contribution is 2.23. The van der Waals surface area contributed by atoms with Crippen LogP contribution in [0.15, 0.2) is 17.1 Å². The summed E-state index contributed by atoms with van der Waals surface area (Å²) in [5.74, 6) is 0. The largest absolute Gasteiger partial charge is 0.483 e. The van der Waals surface area contributed by atoms with Crippen molar-refractivity contribution < 1.29 is 4.74 Å². The van der Waals surface area contributed by atoms with Crippen LogP contribution in [-0.4, -0.2) is 13.0 Å². The summed E-state index contributed by atoms with van der Waals surface area (Å²) >= 11 is 0. The first-order valence-electron chi connectivity index (χ1n) is 4.85. The maximum atomic E-state index is 9.02. The van der Waals surface area contributed by atoms with E-state index in [9.17, 15) is 0 Å². The first-order valence-corrected chi connectivity index (χ1v) is 4.85. The second-order valence-electron chi connectivity index (χ2n) is 3.20. The number of rotatable bonds is 3. The second kappa shape index (κ2) is 5.16. The Balaban J connectivity index is 3.09. The van der Waals surface area contributed by atoms with E-state index in [1.807, 2.05) is 32.9 Å². The zero-order chi connectivity index (χ0) is 11.3. The highest BCUT2D eigenvalue weighted by atomic mass is 16.5. The fourth-order valence-electron chi connectivity index (χ4n) is 1.22. The molecule has 0 bridgehead atoms. The van der Waals surface area contributed by atoms with Gasteiger partial charge in [0.1, 0.15) is 6.07 Å². The van der Waals surface area contributed by atoms with E-state index in [1.165, 1.54) is 6.40 Å². The van der Waals surface area contributed by atoms with Crippen molar-refractivity contribution in [2.45, 2.75) is 20.8 Å². The Morgan fingerprint density at radius 3 is 2.80 bits per heavy atom. The fourth-order valence-corrected chi connectivity index (χ4v) is 1.22. The lowest BCUT2D eigenvalue weighted by Crippen LogP contribution is -1.89. The van der Waals surface area contributed by atoms with Gasteiger partial charge < -0.3 is 4.74 Å². The first kappa shape index (κ1) is 11.3. The van der Waals surface area contributed by atoms with Crippen molar-refractivity contribution in [1.82, 2.24) is 0 Å². The fraction of sp³-hybridized carbons (Fsp3) is 0.333. The third-order valence-electron chi connectivity index (χ3n) is 2.26. The Morgan fingerprint density at radius 1 is 1.47 bits per heavy atom. The molecule has 0 aliphatic heterocycles. The molecule has 0 atom stereocenters. The standard InChI is InChI=1S/C12H14N2O/c1-4-15-8-14-12-6-5-9(2)10(3)11(12)7-13/h5-6,8H,4H2,1-3H3. The number of aryl methyl sites for hydroxylation is 1. The number of benzene rings is 1. The van der Waals surface area contributed by atoms with Crippen LogP contribution in [0.25, 0.3) is 0 Å². The summed E-state index contributed by atoms with van der Waals surface area (Å²) in [4.78, 5) is 4.10. The van der Waals surface area contributed by atoms with Crippen molar-refractivity contribution in [3.63, 3.8) is 0 Å². The number of nitriles is 1. The van der Waals surface area contributed by atoms with Crippen LogP contribution in [0.4, 0.5) is 5.69 Å². The Hall–Kier alpha value is -1.82. The SMILES string of the molecule is CCOC=Nc1ccc(C)c(C)c1C#N. The van der Waals surface area contributed by atoms with Gasteiger partial charge in [-0.1, -0.05) is 6.07 Å². The molecule has 0 saturated carbocycles. The Kier molecular flexibility index (Phi) is 3.87. The van der Waals surface area contributed by atoms with Crippen molar-refractivity contribution in [1.29, 1.82) is 5.26 Å². The van der Waals surface area contributed by atoms with Gasteiger partial charge in [-0.15, -0.1) is 0 Å². The molecule has 3 heteroatoms. The average molecular weight is 202 g/mol. The minimum atomic E-state index is 0.580. The summed E-state index contributed by atoms with van der Waals surface area (Å²) in [7, 11) is 0. The van der Waals surface area contributed by atoms with E-state index in [4.69, 9.17) is 10.00 Å². The molecule has 0 aromatic heterocycles. The molecule has 78 valence electrons. The van der Waals surface area contributed by atoms with Crippen molar-refractivity contribution in [3.05, 3.63) is 28.8 Å². The van der Waals surface area contributed by atoms with E-state index in [-0.39, 0.29) is 0 Å². The van der Waals surface area contributed by atoms with E-state index in [0.29, 0.717) is 17.9 Å². The molecule has 0 saturated heterocycles. The Labute approximate surface area is 90.0 Å². The predicted octanol–water partition coefficient (Wildman–Crippen LogP) is 2.87. The smallest absolute Gasteiger partial charge is 0.174 e. The normalized spacial score (nSPS) is 10.3. The zero-order valence-electron chi connectivity index (χ0n) is 9.24. The van der Waals surface area contributed by atoms with Gasteiger partial charge in [0.05, 0.1) is 17.9 Å². The van der Waals surface area contributed by atoms with E-state index in [1.54, 1.807) is 0 Å². The average Bonchev–Trinajstić information content (AvgIpc) is 2.24. The molecule has 1 aromatic rings. The quantitative estimate of drug-likeness (QED) is 0.558. The third-order valence-corrected chi connectivity index (χ3v) is 2.26. The molecular formula is C12H14N2O. The molecule has 1 aromatic carbocycles. The van der Waals surface area contributed by atoms with Crippen molar-refractivity contribution in [2.24, 2.45) is 4.99 Å². The lowest BCUT2D eigenvalue weighted by molar-refractivity contribution is 0.344. The summed E-state index contributed by atoms with van der Waals surface area (Å²) in [5, 5.41) is 9.02.